The number of hydrogen-bond donors (Lipinski definition) is 2. The summed E-state index contributed by atoms with van der Waals surface area (Å²) in [6.45, 7) is 6.45. The fourth-order valence-electron chi connectivity index (χ4n) is 4.89. The van der Waals surface area contributed by atoms with E-state index < -0.39 is 29.6 Å². The topological polar surface area (TPSA) is 105 Å². The Morgan fingerprint density at radius 3 is 2.26 bits per heavy atom. The molecule has 0 bridgehead atoms. The Kier molecular flexibility index (Phi) is 7.12. The fraction of sp³-hybridized carbons (Fsp3) is 0.444. The first kappa shape index (κ1) is 24.7. The number of fused-ring (bicyclic) bond motifs is 3. The Balaban J connectivity index is 1.46. The normalized spacial score (nSPS) is 18.4. The number of aliphatic carboxylic acids is 1. The molecule has 1 saturated heterocycles. The van der Waals surface area contributed by atoms with Crippen LogP contribution in [0.1, 0.15) is 44.2 Å². The Labute approximate surface area is 205 Å². The molecule has 2 aromatic rings. The number of hydrogen-bond acceptors (Lipinski definition) is 5. The minimum absolute atomic E-state index is 0.0869. The standard InChI is InChI=1S/C27H32N2O6/c1-27(2,3)24(25(32)29-12-13-34-15-17(29)14-23(30)31)28-26(33)35-16-22-20-10-6-4-8-18(20)19-9-5-7-11-21(19)22/h4-11,17,22,24H,12-16H2,1-3H3,(H,28,33)(H,30,31). The second-order valence-electron chi connectivity index (χ2n) is 10.1. The third kappa shape index (κ3) is 5.32. The van der Waals surface area contributed by atoms with Crippen LogP contribution in [0.3, 0.4) is 0 Å². The van der Waals surface area contributed by atoms with Crippen LogP contribution in [0.25, 0.3) is 11.1 Å². The molecule has 186 valence electrons. The molecule has 8 nitrogen and oxygen atoms in total. The zero-order chi connectivity index (χ0) is 25.2. The minimum atomic E-state index is -1.00. The first-order valence-corrected chi connectivity index (χ1v) is 11.9. The summed E-state index contributed by atoms with van der Waals surface area (Å²) in [5.41, 5.74) is 3.87. The predicted molar refractivity (Wildman–Crippen MR) is 130 cm³/mol. The Morgan fingerprint density at radius 2 is 1.69 bits per heavy atom. The Hall–Kier alpha value is -3.39. The van der Waals surface area contributed by atoms with E-state index >= 15 is 0 Å². The molecule has 0 aromatic heterocycles. The van der Waals surface area contributed by atoms with Gasteiger partial charge in [-0.05, 0) is 27.7 Å². The molecule has 1 aliphatic heterocycles. The van der Waals surface area contributed by atoms with Crippen molar-refractivity contribution in [1.82, 2.24) is 10.2 Å². The highest BCUT2D eigenvalue weighted by Crippen LogP contribution is 2.44. The molecule has 2 amide bonds. The average Bonchev–Trinajstić information content (AvgIpc) is 3.14. The van der Waals surface area contributed by atoms with Crippen molar-refractivity contribution in [2.24, 2.45) is 5.41 Å². The van der Waals surface area contributed by atoms with Crippen LogP contribution in [0.2, 0.25) is 0 Å². The number of nitrogens with zero attached hydrogens (tertiary/aromatic N) is 1. The van der Waals surface area contributed by atoms with E-state index in [1.165, 1.54) is 4.90 Å². The van der Waals surface area contributed by atoms with Gasteiger partial charge < -0.3 is 24.8 Å². The second kappa shape index (κ2) is 10.1. The molecule has 2 aromatic carbocycles. The van der Waals surface area contributed by atoms with E-state index in [1.807, 2.05) is 57.2 Å². The molecule has 0 spiro atoms. The quantitative estimate of drug-likeness (QED) is 0.654. The molecule has 2 atom stereocenters. The van der Waals surface area contributed by atoms with E-state index in [0.717, 1.165) is 22.3 Å². The molecule has 35 heavy (non-hydrogen) atoms. The van der Waals surface area contributed by atoms with Crippen molar-refractivity contribution in [3.8, 4) is 11.1 Å². The summed E-state index contributed by atoms with van der Waals surface area (Å²) < 4.78 is 11.0. The summed E-state index contributed by atoms with van der Waals surface area (Å²) >= 11 is 0. The Bertz CT molecular complexity index is 1060. The zero-order valence-corrected chi connectivity index (χ0v) is 20.3. The number of nitrogens with one attached hydrogen (secondary N) is 1. The molecule has 1 aliphatic carbocycles. The van der Waals surface area contributed by atoms with Crippen LogP contribution in [-0.4, -0.2) is 66.4 Å². The molecule has 2 N–H and O–H groups in total. The van der Waals surface area contributed by atoms with Crippen LogP contribution < -0.4 is 5.32 Å². The van der Waals surface area contributed by atoms with E-state index in [4.69, 9.17) is 9.47 Å². The maximum absolute atomic E-state index is 13.5. The van der Waals surface area contributed by atoms with Gasteiger partial charge in [0.05, 0.1) is 25.7 Å². The monoisotopic (exact) mass is 480 g/mol. The van der Waals surface area contributed by atoms with E-state index in [2.05, 4.69) is 17.4 Å². The second-order valence-corrected chi connectivity index (χ2v) is 10.1. The number of carbonyl (C=O) groups is 3. The lowest BCUT2D eigenvalue weighted by Gasteiger charge is -2.40. The number of benzene rings is 2. The first-order valence-electron chi connectivity index (χ1n) is 11.9. The number of amides is 2. The van der Waals surface area contributed by atoms with Crippen molar-refractivity contribution in [2.75, 3.05) is 26.4 Å². The van der Waals surface area contributed by atoms with E-state index in [-0.39, 0.29) is 38.0 Å². The molecule has 0 radical (unpaired) electrons. The van der Waals surface area contributed by atoms with Crippen molar-refractivity contribution in [3.05, 3.63) is 59.7 Å². The van der Waals surface area contributed by atoms with Crippen molar-refractivity contribution >= 4 is 18.0 Å². The molecule has 1 heterocycles. The van der Waals surface area contributed by atoms with Gasteiger partial charge in [0.15, 0.2) is 0 Å². The van der Waals surface area contributed by atoms with Crippen LogP contribution in [0.15, 0.2) is 48.5 Å². The molecule has 4 rings (SSSR count). The van der Waals surface area contributed by atoms with Gasteiger partial charge in [-0.25, -0.2) is 4.79 Å². The van der Waals surface area contributed by atoms with Gasteiger partial charge in [-0.3, -0.25) is 9.59 Å². The number of carbonyl (C=O) groups excluding carboxylic acids is 2. The minimum Gasteiger partial charge on any atom is -0.481 e. The van der Waals surface area contributed by atoms with Gasteiger partial charge in [0.1, 0.15) is 12.6 Å². The summed E-state index contributed by atoms with van der Waals surface area (Å²) in [6.07, 6.45) is -0.892. The van der Waals surface area contributed by atoms with Gasteiger partial charge in [-0.2, -0.15) is 0 Å². The summed E-state index contributed by atoms with van der Waals surface area (Å²) in [4.78, 5) is 39.2. The third-order valence-electron chi connectivity index (χ3n) is 6.64. The number of rotatable bonds is 6. The number of alkyl carbamates (subject to hydrolysis) is 1. The van der Waals surface area contributed by atoms with Gasteiger partial charge in [0.25, 0.3) is 0 Å². The highest BCUT2D eigenvalue weighted by molar-refractivity contribution is 5.87. The van der Waals surface area contributed by atoms with Crippen molar-refractivity contribution in [1.29, 1.82) is 0 Å². The number of carboxylic acid groups (broad SMARTS) is 1. The molecule has 2 unspecified atom stereocenters. The Morgan fingerprint density at radius 1 is 1.09 bits per heavy atom. The highest BCUT2D eigenvalue weighted by Gasteiger charge is 2.40. The van der Waals surface area contributed by atoms with Gasteiger partial charge in [-0.15, -0.1) is 0 Å². The average molecular weight is 481 g/mol. The molecular formula is C27H32N2O6. The maximum Gasteiger partial charge on any atom is 0.407 e. The summed E-state index contributed by atoms with van der Waals surface area (Å²) in [6, 6.07) is 14.7. The number of ether oxygens (including phenoxy) is 2. The van der Waals surface area contributed by atoms with Gasteiger partial charge >= 0.3 is 12.1 Å². The lowest BCUT2D eigenvalue weighted by molar-refractivity contribution is -0.149. The number of morpholine rings is 1. The molecule has 1 fully saturated rings. The van der Waals surface area contributed by atoms with Crippen molar-refractivity contribution in [2.45, 2.75) is 45.2 Å². The van der Waals surface area contributed by atoms with E-state index in [1.54, 1.807) is 0 Å². The molecule has 8 heteroatoms. The molecular weight excluding hydrogens is 448 g/mol. The molecule has 2 aliphatic rings. The first-order chi connectivity index (χ1) is 16.7. The van der Waals surface area contributed by atoms with Crippen molar-refractivity contribution in [3.63, 3.8) is 0 Å². The summed E-state index contributed by atoms with van der Waals surface area (Å²) in [7, 11) is 0. The highest BCUT2D eigenvalue weighted by atomic mass is 16.5. The fourth-order valence-corrected chi connectivity index (χ4v) is 4.89. The van der Waals surface area contributed by atoms with Crippen LogP contribution in [0.5, 0.6) is 0 Å². The van der Waals surface area contributed by atoms with Crippen LogP contribution in [0, 0.1) is 5.41 Å². The van der Waals surface area contributed by atoms with Crippen LogP contribution in [0.4, 0.5) is 4.79 Å². The summed E-state index contributed by atoms with van der Waals surface area (Å²) in [5, 5.41) is 12.0. The lowest BCUT2D eigenvalue weighted by atomic mass is 9.85. The number of carboxylic acids is 1. The maximum atomic E-state index is 13.5. The van der Waals surface area contributed by atoms with Gasteiger partial charge in [0.2, 0.25) is 5.91 Å². The van der Waals surface area contributed by atoms with Crippen molar-refractivity contribution < 1.29 is 29.0 Å². The SMILES string of the molecule is CC(C)(C)C(NC(=O)OCC1c2ccccc2-c2ccccc21)C(=O)N1CCOCC1CC(=O)O. The smallest absolute Gasteiger partial charge is 0.407 e. The predicted octanol–water partition coefficient (Wildman–Crippen LogP) is 3.64. The van der Waals surface area contributed by atoms with Gasteiger partial charge in [0, 0.05) is 12.5 Å². The zero-order valence-electron chi connectivity index (χ0n) is 20.3. The summed E-state index contributed by atoms with van der Waals surface area (Å²) in [5.74, 6) is -1.42. The molecule has 0 saturated carbocycles. The van der Waals surface area contributed by atoms with E-state index in [0.29, 0.717) is 6.61 Å². The third-order valence-corrected chi connectivity index (χ3v) is 6.64. The van der Waals surface area contributed by atoms with Gasteiger partial charge in [-0.1, -0.05) is 69.3 Å². The lowest BCUT2D eigenvalue weighted by Crippen LogP contribution is -2.60. The van der Waals surface area contributed by atoms with E-state index in [9.17, 15) is 19.5 Å². The largest absolute Gasteiger partial charge is 0.481 e. The van der Waals surface area contributed by atoms with Crippen LogP contribution in [-0.2, 0) is 19.1 Å². The van der Waals surface area contributed by atoms with Crippen LogP contribution >= 0.6 is 0 Å².